The van der Waals surface area contributed by atoms with Gasteiger partial charge in [0.25, 0.3) is 0 Å². The second-order valence-corrected chi connectivity index (χ2v) is 8.82. The molecular formula is C25H30N10O3. The number of ether oxygens (including phenoxy) is 3. The van der Waals surface area contributed by atoms with Crippen LogP contribution < -0.4 is 11.1 Å². The van der Waals surface area contributed by atoms with Crippen LogP contribution in [0.25, 0.3) is 28.1 Å². The van der Waals surface area contributed by atoms with Crippen molar-refractivity contribution in [2.75, 3.05) is 51.5 Å². The highest BCUT2D eigenvalue weighted by atomic mass is 16.5. The first-order valence-corrected chi connectivity index (χ1v) is 12.6. The number of rotatable bonds is 15. The molecule has 0 amide bonds. The molecule has 13 nitrogen and oxygen atoms in total. The summed E-state index contributed by atoms with van der Waals surface area (Å²) in [5.41, 5.74) is 8.91. The molecule has 0 saturated heterocycles. The average molecular weight is 519 g/mol. The van der Waals surface area contributed by atoms with Gasteiger partial charge in [-0.25, -0.2) is 19.3 Å². The van der Waals surface area contributed by atoms with Gasteiger partial charge in [0.15, 0.2) is 11.5 Å². The van der Waals surface area contributed by atoms with Crippen molar-refractivity contribution in [3.8, 4) is 23.1 Å². The third kappa shape index (κ3) is 6.67. The summed E-state index contributed by atoms with van der Waals surface area (Å²) in [4.78, 5) is 8.89. The molecule has 1 fully saturated rings. The number of nitrogens with two attached hydrogens (primary N) is 1. The summed E-state index contributed by atoms with van der Waals surface area (Å²) in [6.45, 7) is 4.18. The molecule has 1 saturated carbocycles. The quantitative estimate of drug-likeness (QED) is 0.219. The lowest BCUT2D eigenvalue weighted by molar-refractivity contribution is 0.0141. The molecule has 4 aromatic heterocycles. The lowest BCUT2D eigenvalue weighted by atomic mass is 10.1. The first-order valence-electron chi connectivity index (χ1n) is 12.6. The molecule has 0 aromatic carbocycles. The summed E-state index contributed by atoms with van der Waals surface area (Å²) >= 11 is 0. The molecule has 0 aliphatic heterocycles. The predicted molar refractivity (Wildman–Crippen MR) is 139 cm³/mol. The van der Waals surface area contributed by atoms with E-state index >= 15 is 0 Å². The van der Waals surface area contributed by atoms with Crippen LogP contribution in [0.3, 0.4) is 0 Å². The number of hydrogen-bond donors (Lipinski definition) is 2. The fourth-order valence-corrected chi connectivity index (χ4v) is 3.75. The molecule has 1 aliphatic rings. The Labute approximate surface area is 219 Å². The van der Waals surface area contributed by atoms with E-state index in [9.17, 15) is 0 Å². The van der Waals surface area contributed by atoms with Crippen LogP contribution in [0.1, 0.15) is 18.4 Å². The standard InChI is InChI=1S/C25H30N10O3/c26-3-5-36-7-9-38-10-8-37-6-4-34-17-23(31-33-34)21-15-28-24(12-22(21)30-20-1-2-20)35-16-19-11-18(13-27)14-29-25(19)32-35/h11-12,14-17,20H,1-10,26H2,(H,28,30). The number of nitrogens with zero attached hydrogens (tertiary/aromatic N) is 8. The van der Waals surface area contributed by atoms with Gasteiger partial charge in [0.05, 0.1) is 57.9 Å². The zero-order valence-corrected chi connectivity index (χ0v) is 21.0. The van der Waals surface area contributed by atoms with Crippen molar-refractivity contribution < 1.29 is 14.2 Å². The molecule has 13 heteroatoms. The van der Waals surface area contributed by atoms with Gasteiger partial charge in [0, 0.05) is 53.9 Å². The van der Waals surface area contributed by atoms with Crippen molar-refractivity contribution in [3.05, 3.63) is 42.5 Å². The molecule has 0 spiro atoms. The van der Waals surface area contributed by atoms with Crippen molar-refractivity contribution in [2.45, 2.75) is 25.4 Å². The maximum absolute atomic E-state index is 9.14. The lowest BCUT2D eigenvalue weighted by Crippen LogP contribution is -2.14. The Balaban J connectivity index is 1.20. The van der Waals surface area contributed by atoms with E-state index in [1.165, 1.54) is 6.20 Å². The molecule has 5 rings (SSSR count). The number of fused-ring (bicyclic) bond motifs is 1. The van der Waals surface area contributed by atoms with Crippen molar-refractivity contribution in [2.24, 2.45) is 5.73 Å². The minimum Gasteiger partial charge on any atom is -0.382 e. The number of anilines is 1. The lowest BCUT2D eigenvalue weighted by Gasteiger charge is -2.11. The van der Waals surface area contributed by atoms with E-state index < -0.39 is 0 Å². The normalized spacial score (nSPS) is 13.2. The summed E-state index contributed by atoms with van der Waals surface area (Å²) in [5.74, 6) is 0.641. The number of nitrogens with one attached hydrogen (secondary N) is 1. The molecule has 0 unspecified atom stereocenters. The zero-order chi connectivity index (χ0) is 26.2. The van der Waals surface area contributed by atoms with Crippen molar-refractivity contribution in [1.29, 1.82) is 5.26 Å². The second-order valence-electron chi connectivity index (χ2n) is 8.82. The average Bonchev–Trinajstić information content (AvgIpc) is 3.45. The van der Waals surface area contributed by atoms with Gasteiger partial charge in [0.1, 0.15) is 11.8 Å². The van der Waals surface area contributed by atoms with Crippen molar-refractivity contribution in [1.82, 2.24) is 34.7 Å². The molecule has 198 valence electrons. The number of hydrogen-bond acceptors (Lipinski definition) is 11. The highest BCUT2D eigenvalue weighted by molar-refractivity contribution is 5.78. The van der Waals surface area contributed by atoms with E-state index in [1.54, 1.807) is 21.6 Å². The Kier molecular flexibility index (Phi) is 8.46. The Morgan fingerprint density at radius 1 is 1.00 bits per heavy atom. The Morgan fingerprint density at radius 3 is 2.55 bits per heavy atom. The molecule has 4 aromatic rings. The molecule has 3 N–H and O–H groups in total. The summed E-state index contributed by atoms with van der Waals surface area (Å²) in [6.07, 6.45) is 9.25. The first-order chi connectivity index (χ1) is 18.7. The first kappa shape index (κ1) is 25.7. The van der Waals surface area contributed by atoms with Crippen LogP contribution in [0.2, 0.25) is 0 Å². The van der Waals surface area contributed by atoms with Crippen LogP contribution in [-0.4, -0.2) is 87.0 Å². The molecule has 38 heavy (non-hydrogen) atoms. The third-order valence-electron chi connectivity index (χ3n) is 5.83. The van der Waals surface area contributed by atoms with Gasteiger partial charge in [-0.05, 0) is 18.9 Å². The summed E-state index contributed by atoms with van der Waals surface area (Å²) in [5, 5.41) is 26.6. The number of pyridine rings is 2. The van der Waals surface area contributed by atoms with E-state index in [1.807, 2.05) is 18.5 Å². The van der Waals surface area contributed by atoms with E-state index in [-0.39, 0.29) is 0 Å². The third-order valence-corrected chi connectivity index (χ3v) is 5.83. The Bertz CT molecular complexity index is 1390. The molecule has 0 radical (unpaired) electrons. The highest BCUT2D eigenvalue weighted by Gasteiger charge is 2.23. The molecule has 0 atom stereocenters. The van der Waals surface area contributed by atoms with E-state index in [0.29, 0.717) is 75.8 Å². The van der Waals surface area contributed by atoms with Crippen LogP contribution in [0.4, 0.5) is 5.69 Å². The predicted octanol–water partition coefficient (Wildman–Crippen LogP) is 1.53. The Hall–Kier alpha value is -3.96. The molecule has 0 bridgehead atoms. The fourth-order valence-electron chi connectivity index (χ4n) is 3.75. The van der Waals surface area contributed by atoms with Gasteiger partial charge in [-0.15, -0.1) is 10.2 Å². The van der Waals surface area contributed by atoms with E-state index in [4.69, 9.17) is 25.2 Å². The molecule has 1 aliphatic carbocycles. The maximum Gasteiger partial charge on any atom is 0.181 e. The fraction of sp³-hybridized carbons (Fsp3) is 0.440. The molecular weight excluding hydrogens is 488 g/mol. The van der Waals surface area contributed by atoms with Gasteiger partial charge >= 0.3 is 0 Å². The van der Waals surface area contributed by atoms with Crippen molar-refractivity contribution >= 4 is 16.7 Å². The van der Waals surface area contributed by atoms with Gasteiger partial charge in [0.2, 0.25) is 0 Å². The summed E-state index contributed by atoms with van der Waals surface area (Å²) in [7, 11) is 0. The maximum atomic E-state index is 9.14. The Morgan fingerprint density at radius 2 is 1.79 bits per heavy atom. The van der Waals surface area contributed by atoms with Gasteiger partial charge in [-0.3, -0.25) is 0 Å². The van der Waals surface area contributed by atoms with Crippen LogP contribution in [-0.2, 0) is 20.8 Å². The van der Waals surface area contributed by atoms with E-state index in [0.717, 1.165) is 35.2 Å². The molecule has 4 heterocycles. The van der Waals surface area contributed by atoms with Crippen LogP contribution >= 0.6 is 0 Å². The minimum absolute atomic E-state index is 0.429. The SMILES string of the molecule is N#Cc1cnc2nn(-c3cc(NC4CC4)c(-c4cn(CCOCCOCCOCCN)nn4)cn3)cc2c1. The van der Waals surface area contributed by atoms with Gasteiger partial charge < -0.3 is 25.3 Å². The van der Waals surface area contributed by atoms with Crippen LogP contribution in [0.5, 0.6) is 0 Å². The summed E-state index contributed by atoms with van der Waals surface area (Å²) in [6, 6.07) is 6.25. The number of aromatic nitrogens is 7. The zero-order valence-electron chi connectivity index (χ0n) is 21.0. The minimum atomic E-state index is 0.429. The topological polar surface area (TPSA) is 164 Å². The second kappa shape index (κ2) is 12.5. The summed E-state index contributed by atoms with van der Waals surface area (Å²) < 4.78 is 19.8. The van der Waals surface area contributed by atoms with Crippen LogP contribution in [0.15, 0.2) is 36.9 Å². The van der Waals surface area contributed by atoms with Crippen LogP contribution in [0, 0.1) is 11.3 Å². The van der Waals surface area contributed by atoms with Crippen molar-refractivity contribution in [3.63, 3.8) is 0 Å². The van der Waals surface area contributed by atoms with Gasteiger partial charge in [-0.1, -0.05) is 5.21 Å². The highest BCUT2D eigenvalue weighted by Crippen LogP contribution is 2.32. The largest absolute Gasteiger partial charge is 0.382 e. The van der Waals surface area contributed by atoms with Gasteiger partial charge in [-0.2, -0.15) is 5.26 Å². The smallest absolute Gasteiger partial charge is 0.181 e. The van der Waals surface area contributed by atoms with E-state index in [2.05, 4.69) is 36.8 Å². The monoisotopic (exact) mass is 518 g/mol. The number of nitriles is 1.